The van der Waals surface area contributed by atoms with E-state index in [1.165, 1.54) is 22.7 Å². The molecule has 0 aliphatic carbocycles. The maximum absolute atomic E-state index is 13.6. The van der Waals surface area contributed by atoms with Crippen molar-refractivity contribution in [1.82, 2.24) is 20.2 Å². The van der Waals surface area contributed by atoms with Crippen molar-refractivity contribution in [3.05, 3.63) is 71.8 Å². The SMILES string of the molecule is Fc1ccc([C@@H](c2nnnn2C[C@@H]2CCCO2)[NH+]2CCN(c3ccccc3)CC2)cc1. The highest BCUT2D eigenvalue weighted by Crippen LogP contribution is 2.21. The number of rotatable bonds is 6. The van der Waals surface area contributed by atoms with Crippen LogP contribution in [0.5, 0.6) is 0 Å². The van der Waals surface area contributed by atoms with E-state index in [1.807, 2.05) is 22.9 Å². The minimum absolute atomic E-state index is 0.0464. The van der Waals surface area contributed by atoms with Crippen LogP contribution in [-0.2, 0) is 11.3 Å². The summed E-state index contributed by atoms with van der Waals surface area (Å²) < 4.78 is 21.3. The highest BCUT2D eigenvalue weighted by atomic mass is 19.1. The standard InChI is InChI=1S/C23H27FN6O/c24-19-10-8-18(9-11-19)22(23-25-26-27-30(23)17-21-7-4-16-31-21)29-14-12-28(13-15-29)20-5-2-1-3-6-20/h1-3,5-6,8-11,21-22H,4,7,12-17H2/p+1/t21-,22-/m0/s1. The number of aromatic nitrogens is 4. The Bertz CT molecular complexity index is 965. The Morgan fingerprint density at radius 3 is 2.55 bits per heavy atom. The monoisotopic (exact) mass is 423 g/mol. The minimum atomic E-state index is -0.231. The number of nitrogens with zero attached hydrogens (tertiary/aromatic N) is 5. The number of hydrogen-bond acceptors (Lipinski definition) is 5. The van der Waals surface area contributed by atoms with Crippen LogP contribution >= 0.6 is 0 Å². The molecule has 31 heavy (non-hydrogen) atoms. The number of tetrazole rings is 1. The first-order valence-corrected chi connectivity index (χ1v) is 11.1. The van der Waals surface area contributed by atoms with E-state index in [2.05, 4.69) is 44.7 Å². The van der Waals surface area contributed by atoms with Crippen molar-refractivity contribution in [2.24, 2.45) is 0 Å². The first kappa shape index (κ1) is 20.1. The second-order valence-corrected chi connectivity index (χ2v) is 8.32. The van der Waals surface area contributed by atoms with E-state index < -0.39 is 0 Å². The molecular weight excluding hydrogens is 395 g/mol. The fraction of sp³-hybridized carbons (Fsp3) is 0.435. The Morgan fingerprint density at radius 2 is 1.84 bits per heavy atom. The summed E-state index contributed by atoms with van der Waals surface area (Å²) in [5.74, 6) is 0.593. The molecule has 2 aliphatic heterocycles. The maximum atomic E-state index is 13.6. The number of halogens is 1. The number of ether oxygens (including phenoxy) is 1. The van der Waals surface area contributed by atoms with E-state index in [4.69, 9.17) is 4.74 Å². The Hall–Kier alpha value is -2.84. The van der Waals surface area contributed by atoms with E-state index >= 15 is 0 Å². The number of hydrogen-bond donors (Lipinski definition) is 1. The first-order chi connectivity index (χ1) is 15.3. The van der Waals surface area contributed by atoms with Crippen molar-refractivity contribution in [3.63, 3.8) is 0 Å². The van der Waals surface area contributed by atoms with Crippen molar-refractivity contribution in [2.45, 2.75) is 31.5 Å². The summed E-state index contributed by atoms with van der Waals surface area (Å²) in [6.07, 6.45) is 2.26. The van der Waals surface area contributed by atoms with E-state index in [-0.39, 0.29) is 18.0 Å². The summed E-state index contributed by atoms with van der Waals surface area (Å²) in [6.45, 7) is 5.25. The third-order valence-corrected chi connectivity index (χ3v) is 6.36. The molecule has 0 amide bonds. The average molecular weight is 424 g/mol. The summed E-state index contributed by atoms with van der Waals surface area (Å²) in [5.41, 5.74) is 2.29. The van der Waals surface area contributed by atoms with Gasteiger partial charge in [-0.25, -0.2) is 9.07 Å². The van der Waals surface area contributed by atoms with Crippen molar-refractivity contribution in [2.75, 3.05) is 37.7 Å². The molecule has 2 aromatic carbocycles. The molecular formula is C23H28FN6O+. The van der Waals surface area contributed by atoms with Crippen LogP contribution in [0.4, 0.5) is 10.1 Å². The number of nitrogens with one attached hydrogen (secondary N) is 1. The number of benzene rings is 2. The Balaban J connectivity index is 1.40. The fourth-order valence-electron chi connectivity index (χ4n) is 4.73. The Labute approximate surface area is 181 Å². The molecule has 3 heterocycles. The normalized spacial score (nSPS) is 20.8. The second kappa shape index (κ2) is 9.11. The van der Waals surface area contributed by atoms with Gasteiger partial charge in [-0.05, 0) is 59.7 Å². The molecule has 1 N–H and O–H groups in total. The molecule has 162 valence electrons. The second-order valence-electron chi connectivity index (χ2n) is 8.32. The Kier molecular flexibility index (Phi) is 5.90. The summed E-state index contributed by atoms with van der Waals surface area (Å²) in [6, 6.07) is 17.2. The van der Waals surface area contributed by atoms with Gasteiger partial charge in [-0.3, -0.25) is 0 Å². The molecule has 5 rings (SSSR count). The Morgan fingerprint density at radius 1 is 1.06 bits per heavy atom. The van der Waals surface area contributed by atoms with Gasteiger partial charge in [0.15, 0.2) is 6.04 Å². The predicted molar refractivity (Wildman–Crippen MR) is 114 cm³/mol. The smallest absolute Gasteiger partial charge is 0.214 e. The van der Waals surface area contributed by atoms with Gasteiger partial charge in [0.25, 0.3) is 0 Å². The van der Waals surface area contributed by atoms with Crippen molar-refractivity contribution in [3.8, 4) is 0 Å². The van der Waals surface area contributed by atoms with Gasteiger partial charge in [0.05, 0.1) is 38.8 Å². The average Bonchev–Trinajstić information content (AvgIpc) is 3.49. The molecule has 0 unspecified atom stereocenters. The molecule has 2 aliphatic rings. The highest BCUT2D eigenvalue weighted by molar-refractivity contribution is 5.46. The van der Waals surface area contributed by atoms with Crippen LogP contribution in [0.25, 0.3) is 0 Å². The van der Waals surface area contributed by atoms with Gasteiger partial charge in [-0.2, -0.15) is 0 Å². The van der Waals surface area contributed by atoms with Crippen molar-refractivity contribution < 1.29 is 14.0 Å². The molecule has 0 bridgehead atoms. The summed E-state index contributed by atoms with van der Waals surface area (Å²) in [7, 11) is 0. The van der Waals surface area contributed by atoms with Gasteiger partial charge < -0.3 is 14.5 Å². The quantitative estimate of drug-likeness (QED) is 0.651. The van der Waals surface area contributed by atoms with Gasteiger partial charge in [0, 0.05) is 17.9 Å². The zero-order chi connectivity index (χ0) is 21.0. The summed E-state index contributed by atoms with van der Waals surface area (Å²) in [4.78, 5) is 3.81. The van der Waals surface area contributed by atoms with Crippen LogP contribution in [0, 0.1) is 5.82 Å². The molecule has 2 saturated heterocycles. The third-order valence-electron chi connectivity index (χ3n) is 6.36. The molecule has 3 aromatic rings. The molecule has 2 atom stereocenters. The van der Waals surface area contributed by atoms with Gasteiger partial charge in [0.1, 0.15) is 5.82 Å². The minimum Gasteiger partial charge on any atom is -0.376 e. The molecule has 0 spiro atoms. The van der Waals surface area contributed by atoms with Crippen LogP contribution in [0.15, 0.2) is 54.6 Å². The largest absolute Gasteiger partial charge is 0.376 e. The molecule has 2 fully saturated rings. The predicted octanol–water partition coefficient (Wildman–Crippen LogP) is 1.49. The molecule has 1 aromatic heterocycles. The molecule has 7 nitrogen and oxygen atoms in total. The third kappa shape index (κ3) is 4.45. The number of para-hydroxylation sites is 1. The zero-order valence-corrected chi connectivity index (χ0v) is 17.5. The van der Waals surface area contributed by atoms with Gasteiger partial charge in [-0.1, -0.05) is 18.2 Å². The molecule has 0 saturated carbocycles. The highest BCUT2D eigenvalue weighted by Gasteiger charge is 2.35. The van der Waals surface area contributed by atoms with E-state index in [1.54, 1.807) is 0 Å². The zero-order valence-electron chi connectivity index (χ0n) is 17.5. The molecule has 0 radical (unpaired) electrons. The first-order valence-electron chi connectivity index (χ1n) is 11.1. The van der Waals surface area contributed by atoms with Crippen LogP contribution in [0.3, 0.4) is 0 Å². The number of anilines is 1. The van der Waals surface area contributed by atoms with Gasteiger partial charge >= 0.3 is 0 Å². The fourth-order valence-corrected chi connectivity index (χ4v) is 4.73. The van der Waals surface area contributed by atoms with Crippen LogP contribution in [0.1, 0.15) is 30.3 Å². The topological polar surface area (TPSA) is 60.5 Å². The number of piperazine rings is 1. The molecule has 8 heteroatoms. The summed E-state index contributed by atoms with van der Waals surface area (Å²) in [5, 5.41) is 12.7. The van der Waals surface area contributed by atoms with Crippen LogP contribution in [0.2, 0.25) is 0 Å². The van der Waals surface area contributed by atoms with Crippen molar-refractivity contribution in [1.29, 1.82) is 0 Å². The van der Waals surface area contributed by atoms with E-state index in [0.29, 0.717) is 6.54 Å². The van der Waals surface area contributed by atoms with E-state index in [9.17, 15) is 4.39 Å². The lowest BCUT2D eigenvalue weighted by Gasteiger charge is -2.37. The van der Waals surface area contributed by atoms with Gasteiger partial charge in [-0.15, -0.1) is 5.10 Å². The number of quaternary nitrogens is 1. The lowest BCUT2D eigenvalue weighted by molar-refractivity contribution is -0.927. The lowest BCUT2D eigenvalue weighted by atomic mass is 10.0. The van der Waals surface area contributed by atoms with Crippen LogP contribution < -0.4 is 9.80 Å². The lowest BCUT2D eigenvalue weighted by Crippen LogP contribution is -3.15. The van der Waals surface area contributed by atoms with Crippen LogP contribution in [-0.4, -0.2) is 59.1 Å². The maximum Gasteiger partial charge on any atom is 0.214 e. The van der Waals surface area contributed by atoms with Crippen molar-refractivity contribution >= 4 is 5.69 Å². The van der Waals surface area contributed by atoms with Gasteiger partial charge in [0.2, 0.25) is 5.82 Å². The summed E-state index contributed by atoms with van der Waals surface area (Å²) >= 11 is 0. The van der Waals surface area contributed by atoms with E-state index in [0.717, 1.165) is 57.0 Å².